The lowest BCUT2D eigenvalue weighted by molar-refractivity contribution is 0.436. The number of hydrogen-bond donors (Lipinski definition) is 1. The average Bonchev–Trinajstić information content (AvgIpc) is 2.32. The van der Waals surface area contributed by atoms with E-state index in [1.54, 1.807) is 24.5 Å². The fraction of sp³-hybridized carbons (Fsp3) is 0.167. The lowest BCUT2D eigenvalue weighted by Gasteiger charge is -2.08. The first-order chi connectivity index (χ1) is 8.19. The molecule has 0 aliphatic heterocycles. The van der Waals surface area contributed by atoms with Crippen molar-refractivity contribution in [3.05, 3.63) is 46.7 Å². The predicted octanol–water partition coefficient (Wildman–Crippen LogP) is 2.69. The van der Waals surface area contributed by atoms with E-state index in [9.17, 15) is 0 Å². The summed E-state index contributed by atoms with van der Waals surface area (Å²) in [7, 11) is 0. The maximum atomic E-state index is 5.90. The largest absolute Gasteiger partial charge is 0.424 e. The molecular formula is C12H12ClN3O. The first kappa shape index (κ1) is 11.8. The zero-order valence-corrected chi connectivity index (χ0v) is 10.1. The summed E-state index contributed by atoms with van der Waals surface area (Å²) in [4.78, 5) is 8.12. The molecule has 1 aromatic carbocycles. The number of ether oxygens (including phenoxy) is 1. The minimum Gasteiger partial charge on any atom is -0.424 e. The van der Waals surface area contributed by atoms with E-state index in [2.05, 4.69) is 9.97 Å². The third-order valence-corrected chi connectivity index (χ3v) is 2.44. The van der Waals surface area contributed by atoms with Crippen LogP contribution >= 0.6 is 11.6 Å². The Morgan fingerprint density at radius 2 is 2.00 bits per heavy atom. The van der Waals surface area contributed by atoms with Crippen LogP contribution in [0.15, 0.2) is 30.6 Å². The van der Waals surface area contributed by atoms with Gasteiger partial charge in [0.15, 0.2) is 0 Å². The molecule has 0 radical (unpaired) electrons. The van der Waals surface area contributed by atoms with Crippen LogP contribution in [0.4, 0.5) is 0 Å². The number of hydrogen-bond acceptors (Lipinski definition) is 4. The van der Waals surface area contributed by atoms with Gasteiger partial charge >= 0.3 is 6.01 Å². The van der Waals surface area contributed by atoms with Gasteiger partial charge in [-0.3, -0.25) is 0 Å². The van der Waals surface area contributed by atoms with E-state index in [0.717, 1.165) is 11.1 Å². The summed E-state index contributed by atoms with van der Waals surface area (Å²) in [5.41, 5.74) is 7.45. The van der Waals surface area contributed by atoms with E-state index in [1.165, 1.54) is 0 Å². The molecule has 0 unspecified atom stereocenters. The smallest absolute Gasteiger partial charge is 0.321 e. The highest BCUT2D eigenvalue weighted by molar-refractivity contribution is 6.30. The predicted molar refractivity (Wildman–Crippen MR) is 66.2 cm³/mol. The van der Waals surface area contributed by atoms with E-state index < -0.39 is 0 Å². The van der Waals surface area contributed by atoms with Gasteiger partial charge < -0.3 is 10.5 Å². The molecule has 0 bridgehead atoms. The summed E-state index contributed by atoms with van der Waals surface area (Å²) in [6.45, 7) is 2.28. The minimum atomic E-state index is 0.285. The summed E-state index contributed by atoms with van der Waals surface area (Å²) in [6.07, 6.45) is 3.38. The summed E-state index contributed by atoms with van der Waals surface area (Å²) in [5.74, 6) is 0.587. The van der Waals surface area contributed by atoms with E-state index in [4.69, 9.17) is 22.1 Å². The summed E-state index contributed by atoms with van der Waals surface area (Å²) in [6, 6.07) is 5.58. The van der Waals surface area contributed by atoms with Crippen LogP contribution < -0.4 is 10.5 Å². The molecule has 0 fully saturated rings. The maximum absolute atomic E-state index is 5.90. The Labute approximate surface area is 104 Å². The van der Waals surface area contributed by atoms with Crippen molar-refractivity contribution in [2.45, 2.75) is 13.5 Å². The van der Waals surface area contributed by atoms with Gasteiger partial charge in [0.25, 0.3) is 0 Å². The fourth-order valence-corrected chi connectivity index (χ4v) is 1.49. The van der Waals surface area contributed by atoms with E-state index in [-0.39, 0.29) is 6.01 Å². The molecule has 1 aromatic heterocycles. The quantitative estimate of drug-likeness (QED) is 0.909. The Balaban J connectivity index is 2.28. The number of rotatable bonds is 3. The van der Waals surface area contributed by atoms with Crippen molar-refractivity contribution in [2.24, 2.45) is 5.73 Å². The van der Waals surface area contributed by atoms with Gasteiger partial charge in [-0.2, -0.15) is 0 Å². The summed E-state index contributed by atoms with van der Waals surface area (Å²) < 4.78 is 5.55. The molecule has 0 atom stereocenters. The topological polar surface area (TPSA) is 61.0 Å². The Morgan fingerprint density at radius 1 is 1.29 bits per heavy atom. The molecule has 4 nitrogen and oxygen atoms in total. The maximum Gasteiger partial charge on any atom is 0.321 e. The van der Waals surface area contributed by atoms with Crippen molar-refractivity contribution < 1.29 is 4.74 Å². The van der Waals surface area contributed by atoms with Crippen LogP contribution in [0.2, 0.25) is 5.02 Å². The van der Waals surface area contributed by atoms with Gasteiger partial charge in [-0.05, 0) is 24.6 Å². The average molecular weight is 250 g/mol. The van der Waals surface area contributed by atoms with Gasteiger partial charge in [0.2, 0.25) is 0 Å². The molecule has 17 heavy (non-hydrogen) atoms. The number of nitrogens with zero attached hydrogens (tertiary/aromatic N) is 2. The molecule has 0 saturated carbocycles. The summed E-state index contributed by atoms with van der Waals surface area (Å²) in [5, 5.41) is 0.587. The van der Waals surface area contributed by atoms with Crippen LogP contribution in [-0.2, 0) is 6.54 Å². The van der Waals surface area contributed by atoms with E-state index >= 15 is 0 Å². The molecule has 0 amide bonds. The second-order valence-corrected chi connectivity index (χ2v) is 4.04. The fourth-order valence-electron chi connectivity index (χ4n) is 1.32. The van der Waals surface area contributed by atoms with E-state index in [0.29, 0.717) is 17.3 Å². The Morgan fingerprint density at radius 3 is 2.65 bits per heavy atom. The zero-order chi connectivity index (χ0) is 12.3. The van der Waals surface area contributed by atoms with Gasteiger partial charge in [0, 0.05) is 29.5 Å². The lowest BCUT2D eigenvalue weighted by atomic mass is 10.2. The van der Waals surface area contributed by atoms with Crippen molar-refractivity contribution in [2.75, 3.05) is 0 Å². The van der Waals surface area contributed by atoms with Crippen LogP contribution in [0, 0.1) is 6.92 Å². The Bertz CT molecular complexity index is 514. The number of halogens is 1. The standard InChI is InChI=1S/C12H12ClN3O/c1-8-6-15-12(16-7-8)17-11-4-10(13)3-2-9(11)5-14/h2-4,6-7H,5,14H2,1H3. The number of aromatic nitrogens is 2. The van der Waals surface area contributed by atoms with Gasteiger partial charge in [-0.15, -0.1) is 0 Å². The highest BCUT2D eigenvalue weighted by Crippen LogP contribution is 2.26. The second kappa shape index (κ2) is 5.12. The molecular weight excluding hydrogens is 238 g/mol. The monoisotopic (exact) mass is 249 g/mol. The van der Waals surface area contributed by atoms with Crippen LogP contribution in [0.3, 0.4) is 0 Å². The van der Waals surface area contributed by atoms with Gasteiger partial charge in [-0.1, -0.05) is 17.7 Å². The SMILES string of the molecule is Cc1cnc(Oc2cc(Cl)ccc2CN)nc1. The molecule has 2 aromatic rings. The van der Waals surface area contributed by atoms with Crippen molar-refractivity contribution in [3.63, 3.8) is 0 Å². The first-order valence-electron chi connectivity index (χ1n) is 5.14. The molecule has 88 valence electrons. The zero-order valence-electron chi connectivity index (χ0n) is 9.35. The van der Waals surface area contributed by atoms with E-state index in [1.807, 2.05) is 13.0 Å². The van der Waals surface area contributed by atoms with Crippen molar-refractivity contribution in [3.8, 4) is 11.8 Å². The molecule has 0 spiro atoms. The summed E-state index contributed by atoms with van der Waals surface area (Å²) >= 11 is 5.90. The van der Waals surface area contributed by atoms with Crippen molar-refractivity contribution >= 4 is 11.6 Å². The first-order valence-corrected chi connectivity index (χ1v) is 5.52. The highest BCUT2D eigenvalue weighted by Gasteiger charge is 2.06. The third-order valence-electron chi connectivity index (χ3n) is 2.21. The number of nitrogens with two attached hydrogens (primary N) is 1. The molecule has 1 heterocycles. The second-order valence-electron chi connectivity index (χ2n) is 3.60. The van der Waals surface area contributed by atoms with Gasteiger partial charge in [0.1, 0.15) is 5.75 Å². The number of aryl methyl sites for hydroxylation is 1. The molecule has 0 saturated heterocycles. The van der Waals surface area contributed by atoms with Crippen molar-refractivity contribution in [1.82, 2.24) is 9.97 Å². The molecule has 0 aliphatic carbocycles. The molecule has 2 rings (SSSR count). The number of benzene rings is 1. The van der Waals surface area contributed by atoms with Crippen LogP contribution in [0.5, 0.6) is 11.8 Å². The van der Waals surface area contributed by atoms with Gasteiger partial charge in [-0.25, -0.2) is 9.97 Å². The van der Waals surface area contributed by atoms with Gasteiger partial charge in [0.05, 0.1) is 0 Å². The van der Waals surface area contributed by atoms with Crippen LogP contribution in [-0.4, -0.2) is 9.97 Å². The minimum absolute atomic E-state index is 0.285. The third kappa shape index (κ3) is 2.93. The molecule has 5 heteroatoms. The highest BCUT2D eigenvalue weighted by atomic mass is 35.5. The van der Waals surface area contributed by atoms with Crippen LogP contribution in [0.1, 0.15) is 11.1 Å². The lowest BCUT2D eigenvalue weighted by Crippen LogP contribution is -2.00. The van der Waals surface area contributed by atoms with Crippen molar-refractivity contribution in [1.29, 1.82) is 0 Å². The van der Waals surface area contributed by atoms with Crippen LogP contribution in [0.25, 0.3) is 0 Å². The molecule has 0 aliphatic rings. The Hall–Kier alpha value is -1.65. The normalized spacial score (nSPS) is 10.3. The Kier molecular flexibility index (Phi) is 3.56. The molecule has 2 N–H and O–H groups in total.